The van der Waals surface area contributed by atoms with Gasteiger partial charge in [-0.2, -0.15) is 0 Å². The molecule has 60 valence electrons. The summed E-state index contributed by atoms with van der Waals surface area (Å²) in [6.45, 7) is 4.26. The molecule has 1 aliphatic rings. The Hall–Kier alpha value is -0.720. The van der Waals surface area contributed by atoms with Crippen LogP contribution in [-0.4, -0.2) is 0 Å². The van der Waals surface area contributed by atoms with Crippen LogP contribution in [0.5, 0.6) is 0 Å². The first-order valence-electron chi connectivity index (χ1n) is 4.33. The van der Waals surface area contributed by atoms with Gasteiger partial charge in [-0.3, -0.25) is 0 Å². The van der Waals surface area contributed by atoms with Gasteiger partial charge in [-0.15, -0.1) is 0 Å². The van der Waals surface area contributed by atoms with Crippen LogP contribution in [0.25, 0.3) is 0 Å². The minimum Gasteiger partial charge on any atom is -0.466 e. The molecular weight excluding hydrogens is 136 g/mol. The lowest BCUT2D eigenvalue weighted by Crippen LogP contribution is -1.92. The fraction of sp³-hybridized carbons (Fsp3) is 0.600. The maximum absolute atomic E-state index is 5.55. The van der Waals surface area contributed by atoms with Crippen LogP contribution in [-0.2, 0) is 0 Å². The van der Waals surface area contributed by atoms with Crippen molar-refractivity contribution in [3.63, 3.8) is 0 Å². The van der Waals surface area contributed by atoms with Crippen molar-refractivity contribution in [2.24, 2.45) is 5.92 Å². The summed E-state index contributed by atoms with van der Waals surface area (Å²) in [5.74, 6) is 3.75. The molecule has 0 unspecified atom stereocenters. The fourth-order valence-corrected chi connectivity index (χ4v) is 1.53. The number of hydrogen-bond acceptors (Lipinski definition) is 1. The van der Waals surface area contributed by atoms with Crippen LogP contribution in [0.3, 0.4) is 0 Å². The van der Waals surface area contributed by atoms with Gasteiger partial charge in [0, 0.05) is 5.92 Å². The van der Waals surface area contributed by atoms with Gasteiger partial charge in [-0.25, -0.2) is 0 Å². The summed E-state index contributed by atoms with van der Waals surface area (Å²) in [6, 6.07) is 4.16. The third kappa shape index (κ3) is 1.32. The van der Waals surface area contributed by atoms with Crippen molar-refractivity contribution in [1.82, 2.24) is 0 Å². The van der Waals surface area contributed by atoms with E-state index in [2.05, 4.69) is 13.0 Å². The highest BCUT2D eigenvalue weighted by Gasteiger charge is 2.30. The third-order valence-electron chi connectivity index (χ3n) is 2.54. The Balaban J connectivity index is 2.14. The summed E-state index contributed by atoms with van der Waals surface area (Å²) in [5, 5.41) is 0. The second kappa shape index (κ2) is 2.40. The van der Waals surface area contributed by atoms with E-state index >= 15 is 0 Å². The molecule has 0 aromatic carbocycles. The summed E-state index contributed by atoms with van der Waals surface area (Å²) >= 11 is 0. The van der Waals surface area contributed by atoms with Crippen molar-refractivity contribution in [3.05, 3.63) is 23.7 Å². The van der Waals surface area contributed by atoms with Crippen LogP contribution in [0.4, 0.5) is 0 Å². The summed E-state index contributed by atoms with van der Waals surface area (Å²) in [5.41, 5.74) is 0. The molecular formula is C10H14O. The van der Waals surface area contributed by atoms with E-state index in [-0.39, 0.29) is 0 Å². The van der Waals surface area contributed by atoms with Gasteiger partial charge in [-0.1, -0.05) is 6.92 Å². The molecule has 1 aliphatic carbocycles. The minimum absolute atomic E-state index is 0.642. The number of aryl methyl sites for hydroxylation is 1. The fourth-order valence-electron chi connectivity index (χ4n) is 1.53. The molecule has 1 aromatic heterocycles. The SMILES string of the molecule is Cc1ccc([C@H](C)C2CC2)o1. The molecule has 0 radical (unpaired) electrons. The molecule has 1 heteroatoms. The minimum atomic E-state index is 0.642. The second-order valence-electron chi connectivity index (χ2n) is 3.57. The van der Waals surface area contributed by atoms with E-state index in [1.165, 1.54) is 18.6 Å². The maximum Gasteiger partial charge on any atom is 0.107 e. The van der Waals surface area contributed by atoms with Gasteiger partial charge >= 0.3 is 0 Å². The average Bonchev–Trinajstić information content (AvgIpc) is 2.74. The van der Waals surface area contributed by atoms with Gasteiger partial charge in [0.25, 0.3) is 0 Å². The van der Waals surface area contributed by atoms with Gasteiger partial charge in [0.2, 0.25) is 0 Å². The Kier molecular flexibility index (Phi) is 1.52. The molecule has 11 heavy (non-hydrogen) atoms. The topological polar surface area (TPSA) is 13.1 Å². The lowest BCUT2D eigenvalue weighted by Gasteiger charge is -2.04. The van der Waals surface area contributed by atoms with Crippen LogP contribution >= 0.6 is 0 Å². The standard InChI is InChI=1S/C10H14O/c1-7-3-6-10(11-7)8(2)9-4-5-9/h3,6,8-9H,4-5H2,1-2H3/t8-/m1/s1. The predicted molar refractivity (Wildman–Crippen MR) is 44.6 cm³/mol. The van der Waals surface area contributed by atoms with Crippen LogP contribution < -0.4 is 0 Å². The Bertz CT molecular complexity index is 245. The van der Waals surface area contributed by atoms with Crippen LogP contribution in [0.1, 0.15) is 37.2 Å². The first-order valence-corrected chi connectivity index (χ1v) is 4.33. The lowest BCUT2D eigenvalue weighted by molar-refractivity contribution is 0.435. The molecule has 0 bridgehead atoms. The third-order valence-corrected chi connectivity index (χ3v) is 2.54. The molecule has 1 fully saturated rings. The lowest BCUT2D eigenvalue weighted by atomic mass is 10.0. The largest absolute Gasteiger partial charge is 0.466 e. The van der Waals surface area contributed by atoms with Gasteiger partial charge < -0.3 is 4.42 Å². The van der Waals surface area contributed by atoms with E-state index < -0.39 is 0 Å². The number of hydrogen-bond donors (Lipinski definition) is 0. The molecule has 1 aromatic rings. The summed E-state index contributed by atoms with van der Waals surface area (Å²) in [6.07, 6.45) is 2.78. The zero-order valence-electron chi connectivity index (χ0n) is 7.13. The van der Waals surface area contributed by atoms with E-state index in [0.717, 1.165) is 11.7 Å². The molecule has 0 N–H and O–H groups in total. The molecule has 1 atom stereocenters. The number of rotatable bonds is 2. The van der Waals surface area contributed by atoms with Crippen LogP contribution in [0, 0.1) is 12.8 Å². The summed E-state index contributed by atoms with van der Waals surface area (Å²) in [7, 11) is 0. The number of furan rings is 1. The monoisotopic (exact) mass is 150 g/mol. The van der Waals surface area contributed by atoms with E-state index in [4.69, 9.17) is 4.42 Å². The van der Waals surface area contributed by atoms with E-state index in [9.17, 15) is 0 Å². The Labute approximate surface area is 67.4 Å². The molecule has 2 rings (SSSR count). The van der Waals surface area contributed by atoms with Gasteiger partial charge in [0.05, 0.1) is 0 Å². The maximum atomic E-state index is 5.55. The molecule has 0 spiro atoms. The van der Waals surface area contributed by atoms with Crippen molar-refractivity contribution in [2.45, 2.75) is 32.6 Å². The predicted octanol–water partition coefficient (Wildman–Crippen LogP) is 3.10. The van der Waals surface area contributed by atoms with Crippen molar-refractivity contribution >= 4 is 0 Å². The van der Waals surface area contributed by atoms with Gasteiger partial charge in [0.1, 0.15) is 11.5 Å². The highest BCUT2D eigenvalue weighted by Crippen LogP contribution is 2.42. The Morgan fingerprint density at radius 2 is 2.18 bits per heavy atom. The van der Waals surface area contributed by atoms with Crippen LogP contribution in [0.2, 0.25) is 0 Å². The summed E-state index contributed by atoms with van der Waals surface area (Å²) < 4.78 is 5.55. The Morgan fingerprint density at radius 3 is 2.64 bits per heavy atom. The highest BCUT2D eigenvalue weighted by molar-refractivity contribution is 5.12. The van der Waals surface area contributed by atoms with E-state index in [1.54, 1.807) is 0 Å². The van der Waals surface area contributed by atoms with Gasteiger partial charge in [0.15, 0.2) is 0 Å². The van der Waals surface area contributed by atoms with E-state index in [0.29, 0.717) is 5.92 Å². The molecule has 0 amide bonds. The molecule has 1 heterocycles. The molecule has 1 nitrogen and oxygen atoms in total. The quantitative estimate of drug-likeness (QED) is 0.631. The van der Waals surface area contributed by atoms with Gasteiger partial charge in [-0.05, 0) is 37.8 Å². The summed E-state index contributed by atoms with van der Waals surface area (Å²) in [4.78, 5) is 0. The van der Waals surface area contributed by atoms with E-state index in [1.807, 2.05) is 13.0 Å². The zero-order valence-corrected chi connectivity index (χ0v) is 7.13. The first-order chi connectivity index (χ1) is 5.27. The van der Waals surface area contributed by atoms with Crippen molar-refractivity contribution < 1.29 is 4.42 Å². The molecule has 0 saturated heterocycles. The van der Waals surface area contributed by atoms with Crippen molar-refractivity contribution in [1.29, 1.82) is 0 Å². The smallest absolute Gasteiger partial charge is 0.107 e. The Morgan fingerprint density at radius 1 is 1.45 bits per heavy atom. The zero-order chi connectivity index (χ0) is 7.84. The first kappa shape index (κ1) is 6.96. The van der Waals surface area contributed by atoms with Crippen molar-refractivity contribution in [2.75, 3.05) is 0 Å². The molecule has 1 saturated carbocycles. The average molecular weight is 150 g/mol. The normalized spacial score (nSPS) is 20.2. The highest BCUT2D eigenvalue weighted by atomic mass is 16.3. The van der Waals surface area contributed by atoms with Crippen molar-refractivity contribution in [3.8, 4) is 0 Å². The molecule has 0 aliphatic heterocycles. The second-order valence-corrected chi connectivity index (χ2v) is 3.57. The van der Waals surface area contributed by atoms with Crippen LogP contribution in [0.15, 0.2) is 16.5 Å².